The van der Waals surface area contributed by atoms with Crippen molar-refractivity contribution >= 4 is 29.5 Å². The van der Waals surface area contributed by atoms with Gasteiger partial charge in [-0.05, 0) is 45.9 Å². The molecule has 0 spiro atoms. The van der Waals surface area contributed by atoms with E-state index in [1.165, 1.54) is 26.0 Å². The molecule has 0 bridgehead atoms. The van der Waals surface area contributed by atoms with Gasteiger partial charge in [0.05, 0.1) is 5.56 Å². The van der Waals surface area contributed by atoms with Gasteiger partial charge in [0.15, 0.2) is 6.10 Å². The molecule has 4 amide bonds. The van der Waals surface area contributed by atoms with E-state index in [-0.39, 0.29) is 11.5 Å². The van der Waals surface area contributed by atoms with Crippen molar-refractivity contribution in [3.8, 4) is 0 Å². The van der Waals surface area contributed by atoms with Crippen molar-refractivity contribution in [2.45, 2.75) is 46.3 Å². The maximum Gasteiger partial charge on any atom is 0.338 e. The molecule has 1 atom stereocenters. The van der Waals surface area contributed by atoms with E-state index in [9.17, 15) is 19.2 Å². The van der Waals surface area contributed by atoms with E-state index in [1.54, 1.807) is 32.9 Å². The van der Waals surface area contributed by atoms with E-state index in [0.29, 0.717) is 5.69 Å². The van der Waals surface area contributed by atoms with Gasteiger partial charge in [0.1, 0.15) is 0 Å². The zero-order valence-electron chi connectivity index (χ0n) is 14.9. The Bertz CT molecular complexity index is 679. The monoisotopic (exact) mass is 349 g/mol. The molecule has 0 radical (unpaired) electrons. The number of carbonyl (C=O) groups excluding carboxylic acids is 4. The molecule has 0 heterocycles. The highest BCUT2D eigenvalue weighted by molar-refractivity contribution is 5.99. The van der Waals surface area contributed by atoms with Gasteiger partial charge in [-0.15, -0.1) is 0 Å². The van der Waals surface area contributed by atoms with Gasteiger partial charge in [0, 0.05) is 18.2 Å². The van der Waals surface area contributed by atoms with Crippen molar-refractivity contribution in [3.63, 3.8) is 0 Å². The molecule has 0 aliphatic carbocycles. The predicted octanol–water partition coefficient (Wildman–Crippen LogP) is 1.81. The number of anilines is 1. The van der Waals surface area contributed by atoms with Gasteiger partial charge in [-0.2, -0.15) is 0 Å². The molecule has 0 fully saturated rings. The van der Waals surface area contributed by atoms with Crippen molar-refractivity contribution < 1.29 is 23.9 Å². The SMILES string of the molecule is CC(=O)Nc1cccc(C(=O)O[C@H](C)C(=O)NC(=O)NC(C)(C)C)c1. The number of benzene rings is 1. The molecular weight excluding hydrogens is 326 g/mol. The van der Waals surface area contributed by atoms with E-state index >= 15 is 0 Å². The Labute approximate surface area is 146 Å². The molecule has 1 aromatic rings. The molecule has 0 aromatic heterocycles. The zero-order valence-corrected chi connectivity index (χ0v) is 14.9. The smallest absolute Gasteiger partial charge is 0.338 e. The van der Waals surface area contributed by atoms with Crippen molar-refractivity contribution in [2.75, 3.05) is 5.32 Å². The van der Waals surface area contributed by atoms with Gasteiger partial charge >= 0.3 is 12.0 Å². The third-order valence-electron chi connectivity index (χ3n) is 2.80. The second-order valence-electron chi connectivity index (χ2n) is 6.50. The minimum atomic E-state index is -1.16. The number of urea groups is 1. The normalized spacial score (nSPS) is 11.9. The molecule has 0 saturated heterocycles. The number of nitrogens with one attached hydrogen (secondary N) is 3. The quantitative estimate of drug-likeness (QED) is 0.718. The lowest BCUT2D eigenvalue weighted by atomic mass is 10.1. The summed E-state index contributed by atoms with van der Waals surface area (Å²) in [5.74, 6) is -1.76. The van der Waals surface area contributed by atoms with Gasteiger partial charge in [0.25, 0.3) is 5.91 Å². The highest BCUT2D eigenvalue weighted by Gasteiger charge is 2.22. The standard InChI is InChI=1S/C17H23N3O5/c1-10(14(22)19-16(24)20-17(3,4)5)25-15(23)12-7-6-8-13(9-12)18-11(2)21/h6-10H,1-5H3,(H,18,21)(H2,19,20,22,24)/t10-/m1/s1. The Morgan fingerprint density at radius 3 is 2.32 bits per heavy atom. The van der Waals surface area contributed by atoms with Gasteiger partial charge in [-0.25, -0.2) is 9.59 Å². The van der Waals surface area contributed by atoms with Crippen LogP contribution in [-0.4, -0.2) is 35.5 Å². The van der Waals surface area contributed by atoms with Crippen molar-refractivity contribution in [3.05, 3.63) is 29.8 Å². The molecule has 0 aliphatic heterocycles. The van der Waals surface area contributed by atoms with Crippen LogP contribution in [0, 0.1) is 0 Å². The van der Waals surface area contributed by atoms with Crippen LogP contribution < -0.4 is 16.0 Å². The van der Waals surface area contributed by atoms with Crippen LogP contribution >= 0.6 is 0 Å². The Morgan fingerprint density at radius 2 is 1.76 bits per heavy atom. The van der Waals surface area contributed by atoms with Crippen LogP contribution in [-0.2, 0) is 14.3 Å². The molecule has 8 nitrogen and oxygen atoms in total. The van der Waals surface area contributed by atoms with Crippen LogP contribution in [0.2, 0.25) is 0 Å². The lowest BCUT2D eigenvalue weighted by Crippen LogP contribution is -2.50. The summed E-state index contributed by atoms with van der Waals surface area (Å²) in [7, 11) is 0. The average molecular weight is 349 g/mol. The van der Waals surface area contributed by atoms with Crippen LogP contribution in [0.1, 0.15) is 45.0 Å². The maximum atomic E-state index is 12.1. The van der Waals surface area contributed by atoms with E-state index in [2.05, 4.69) is 16.0 Å². The number of esters is 1. The van der Waals surface area contributed by atoms with Gasteiger partial charge in [0.2, 0.25) is 5.91 Å². The third-order valence-corrected chi connectivity index (χ3v) is 2.80. The maximum absolute atomic E-state index is 12.1. The van der Waals surface area contributed by atoms with Gasteiger partial charge < -0.3 is 15.4 Å². The minimum Gasteiger partial charge on any atom is -0.449 e. The largest absolute Gasteiger partial charge is 0.449 e. The van der Waals surface area contributed by atoms with Crippen molar-refractivity contribution in [2.24, 2.45) is 0 Å². The summed E-state index contributed by atoms with van der Waals surface area (Å²) < 4.78 is 5.05. The van der Waals surface area contributed by atoms with Crippen LogP contribution in [0.25, 0.3) is 0 Å². The summed E-state index contributed by atoms with van der Waals surface area (Å²) in [4.78, 5) is 46.7. The first-order chi connectivity index (χ1) is 11.5. The molecule has 1 rings (SSSR count). The summed E-state index contributed by atoms with van der Waals surface area (Å²) in [5.41, 5.74) is 0.0997. The fourth-order valence-corrected chi connectivity index (χ4v) is 1.79. The molecule has 136 valence electrons. The average Bonchev–Trinajstić information content (AvgIpc) is 2.44. The molecule has 3 N–H and O–H groups in total. The minimum absolute atomic E-state index is 0.171. The molecule has 0 aliphatic rings. The van der Waals surface area contributed by atoms with E-state index in [1.807, 2.05) is 0 Å². The Kier molecular flexibility index (Phi) is 6.67. The first-order valence-corrected chi connectivity index (χ1v) is 7.69. The summed E-state index contributed by atoms with van der Waals surface area (Å²) in [6, 6.07) is 5.44. The van der Waals surface area contributed by atoms with E-state index in [0.717, 1.165) is 0 Å². The molecule has 25 heavy (non-hydrogen) atoms. The van der Waals surface area contributed by atoms with Crippen LogP contribution in [0.3, 0.4) is 0 Å². The summed E-state index contributed by atoms with van der Waals surface area (Å²) >= 11 is 0. The number of hydrogen-bond donors (Lipinski definition) is 3. The second-order valence-corrected chi connectivity index (χ2v) is 6.50. The molecule has 0 saturated carbocycles. The lowest BCUT2D eigenvalue weighted by molar-refractivity contribution is -0.128. The first kappa shape index (κ1) is 20.1. The van der Waals surface area contributed by atoms with Crippen LogP contribution in [0.5, 0.6) is 0 Å². The first-order valence-electron chi connectivity index (χ1n) is 7.69. The van der Waals surface area contributed by atoms with Crippen molar-refractivity contribution in [1.82, 2.24) is 10.6 Å². The second kappa shape index (κ2) is 8.27. The van der Waals surface area contributed by atoms with Crippen LogP contribution in [0.15, 0.2) is 24.3 Å². The van der Waals surface area contributed by atoms with E-state index < -0.39 is 29.6 Å². The third kappa shape index (κ3) is 7.47. The number of imide groups is 1. The molecule has 0 unspecified atom stereocenters. The Hall–Kier alpha value is -2.90. The molecule has 8 heteroatoms. The number of amides is 4. The number of ether oxygens (including phenoxy) is 1. The van der Waals surface area contributed by atoms with Crippen LogP contribution in [0.4, 0.5) is 10.5 Å². The topological polar surface area (TPSA) is 114 Å². The van der Waals surface area contributed by atoms with E-state index in [4.69, 9.17) is 4.74 Å². The number of hydrogen-bond acceptors (Lipinski definition) is 5. The summed E-state index contributed by atoms with van der Waals surface area (Å²) in [5, 5.41) is 7.22. The fourth-order valence-electron chi connectivity index (χ4n) is 1.79. The summed E-state index contributed by atoms with van der Waals surface area (Å²) in [6.07, 6.45) is -1.16. The zero-order chi connectivity index (χ0) is 19.2. The predicted molar refractivity (Wildman–Crippen MR) is 92.1 cm³/mol. The highest BCUT2D eigenvalue weighted by Crippen LogP contribution is 2.12. The molecular formula is C17H23N3O5. The Balaban J connectivity index is 2.65. The fraction of sp³-hybridized carbons (Fsp3) is 0.412. The number of carbonyl (C=O) groups is 4. The van der Waals surface area contributed by atoms with Gasteiger partial charge in [-0.1, -0.05) is 6.07 Å². The lowest BCUT2D eigenvalue weighted by Gasteiger charge is -2.21. The highest BCUT2D eigenvalue weighted by atomic mass is 16.5. The Morgan fingerprint density at radius 1 is 1.12 bits per heavy atom. The number of rotatable bonds is 4. The van der Waals surface area contributed by atoms with Crippen molar-refractivity contribution in [1.29, 1.82) is 0 Å². The molecule has 1 aromatic carbocycles. The summed E-state index contributed by atoms with van der Waals surface area (Å²) in [6.45, 7) is 8.00. The van der Waals surface area contributed by atoms with Gasteiger partial charge in [-0.3, -0.25) is 14.9 Å².